The Bertz CT molecular complexity index is 651. The van der Waals surface area contributed by atoms with Gasteiger partial charge in [0.15, 0.2) is 11.5 Å². The number of nitrogens with zero attached hydrogens (tertiary/aromatic N) is 2. The van der Waals surface area contributed by atoms with E-state index in [1.54, 1.807) is 20.4 Å². The van der Waals surface area contributed by atoms with Crippen LogP contribution in [0.2, 0.25) is 0 Å². The summed E-state index contributed by atoms with van der Waals surface area (Å²) in [6.45, 7) is 2.63. The van der Waals surface area contributed by atoms with E-state index in [1.165, 1.54) is 0 Å². The number of methoxy groups -OCH3 is 2. The van der Waals surface area contributed by atoms with E-state index in [0.29, 0.717) is 36.1 Å². The van der Waals surface area contributed by atoms with Crippen molar-refractivity contribution in [1.82, 2.24) is 9.97 Å². The van der Waals surface area contributed by atoms with E-state index in [-0.39, 0.29) is 5.95 Å². The molecule has 2 rings (SSSR count). The third kappa shape index (κ3) is 3.94. The summed E-state index contributed by atoms with van der Waals surface area (Å²) in [5, 5.41) is 0. The Morgan fingerprint density at radius 1 is 1.09 bits per heavy atom. The van der Waals surface area contributed by atoms with Crippen LogP contribution in [0, 0.1) is 0 Å². The molecule has 0 unspecified atom stereocenters. The van der Waals surface area contributed by atoms with Crippen molar-refractivity contribution in [2.24, 2.45) is 0 Å². The molecule has 0 bridgehead atoms. The largest absolute Gasteiger partial charge is 0.493 e. The quantitative estimate of drug-likeness (QED) is 0.804. The third-order valence-electron chi connectivity index (χ3n) is 3.28. The van der Waals surface area contributed by atoms with Gasteiger partial charge in [-0.25, -0.2) is 4.98 Å². The van der Waals surface area contributed by atoms with Crippen LogP contribution in [0.1, 0.15) is 24.5 Å². The highest BCUT2D eigenvalue weighted by Gasteiger charge is 2.15. The molecule has 23 heavy (non-hydrogen) atoms. The van der Waals surface area contributed by atoms with Crippen LogP contribution in [0.25, 0.3) is 0 Å². The summed E-state index contributed by atoms with van der Waals surface area (Å²) in [7, 11) is 3.19. The van der Waals surface area contributed by atoms with E-state index in [1.807, 2.05) is 19.1 Å². The van der Waals surface area contributed by atoms with Gasteiger partial charge >= 0.3 is 0 Å². The number of benzene rings is 1. The maximum Gasteiger partial charge on any atom is 0.221 e. The van der Waals surface area contributed by atoms with Crippen molar-refractivity contribution in [2.45, 2.75) is 19.8 Å². The molecule has 0 aliphatic rings. The van der Waals surface area contributed by atoms with Gasteiger partial charge in [0.05, 0.1) is 20.8 Å². The van der Waals surface area contributed by atoms with Gasteiger partial charge in [-0.3, -0.25) is 0 Å². The van der Waals surface area contributed by atoms with Gasteiger partial charge in [0.25, 0.3) is 0 Å². The van der Waals surface area contributed by atoms with Crippen molar-refractivity contribution in [3.63, 3.8) is 0 Å². The Labute approximate surface area is 135 Å². The monoisotopic (exact) mass is 318 g/mol. The van der Waals surface area contributed by atoms with E-state index < -0.39 is 0 Å². The van der Waals surface area contributed by atoms with E-state index in [9.17, 15) is 0 Å². The number of ether oxygens (including phenoxy) is 3. The summed E-state index contributed by atoms with van der Waals surface area (Å²) in [4.78, 5) is 7.95. The van der Waals surface area contributed by atoms with Crippen LogP contribution in [0.5, 0.6) is 17.2 Å². The molecule has 0 fully saturated rings. The molecule has 0 radical (unpaired) electrons. The van der Waals surface area contributed by atoms with Gasteiger partial charge in [0.2, 0.25) is 11.7 Å². The van der Waals surface area contributed by atoms with Crippen molar-refractivity contribution in [1.29, 1.82) is 0 Å². The first-order chi connectivity index (χ1) is 11.1. The average molecular weight is 318 g/mol. The lowest BCUT2D eigenvalue weighted by atomic mass is 10.1. The molecule has 0 atom stereocenters. The lowest BCUT2D eigenvalue weighted by Crippen LogP contribution is -2.05. The molecule has 0 amide bonds. The first-order valence-corrected chi connectivity index (χ1v) is 7.33. The van der Waals surface area contributed by atoms with Crippen molar-refractivity contribution < 1.29 is 14.2 Å². The van der Waals surface area contributed by atoms with E-state index in [0.717, 1.165) is 17.5 Å². The molecule has 4 N–H and O–H groups in total. The number of rotatable bonds is 7. The average Bonchev–Trinajstić information content (AvgIpc) is 2.55. The predicted molar refractivity (Wildman–Crippen MR) is 89.0 cm³/mol. The summed E-state index contributed by atoms with van der Waals surface area (Å²) < 4.78 is 16.6. The van der Waals surface area contributed by atoms with Crippen molar-refractivity contribution in [3.8, 4) is 17.2 Å². The van der Waals surface area contributed by atoms with Crippen molar-refractivity contribution >= 4 is 11.8 Å². The summed E-state index contributed by atoms with van der Waals surface area (Å²) in [5.41, 5.74) is 13.1. The third-order valence-corrected chi connectivity index (χ3v) is 3.28. The highest BCUT2D eigenvalue weighted by atomic mass is 16.5. The molecule has 7 nitrogen and oxygen atoms in total. The molecule has 1 aromatic carbocycles. The van der Waals surface area contributed by atoms with Gasteiger partial charge in [-0.15, -0.1) is 0 Å². The van der Waals surface area contributed by atoms with Gasteiger partial charge in [-0.05, 0) is 24.1 Å². The topological polar surface area (TPSA) is 106 Å². The molecule has 0 aliphatic carbocycles. The molecule has 0 saturated carbocycles. The Morgan fingerprint density at radius 2 is 1.74 bits per heavy atom. The molecule has 0 saturated heterocycles. The maximum atomic E-state index is 5.89. The number of anilines is 2. The fraction of sp³-hybridized carbons (Fsp3) is 0.375. The number of nitrogens with two attached hydrogens (primary N) is 2. The lowest BCUT2D eigenvalue weighted by Gasteiger charge is -2.16. The molecule has 0 spiro atoms. The van der Waals surface area contributed by atoms with Crippen LogP contribution < -0.4 is 25.7 Å². The van der Waals surface area contributed by atoms with Crippen LogP contribution in [0.15, 0.2) is 18.3 Å². The van der Waals surface area contributed by atoms with Gasteiger partial charge in [-0.1, -0.05) is 6.92 Å². The molecule has 1 heterocycles. The van der Waals surface area contributed by atoms with E-state index in [2.05, 4.69) is 9.97 Å². The molecule has 2 aromatic rings. The second-order valence-electron chi connectivity index (χ2n) is 4.99. The standard InChI is InChI=1S/C16H22N4O3/c1-4-5-23-14-12(21-2)7-10(8-13(14)22-3)6-11-9-19-16(18)20-15(11)17/h7-9H,4-6H2,1-3H3,(H4,17,18,19,20). The molecule has 1 aromatic heterocycles. The van der Waals surface area contributed by atoms with E-state index in [4.69, 9.17) is 25.7 Å². The van der Waals surface area contributed by atoms with Gasteiger partial charge in [0, 0.05) is 18.2 Å². The Morgan fingerprint density at radius 3 is 2.26 bits per heavy atom. The summed E-state index contributed by atoms with van der Waals surface area (Å²) in [6.07, 6.45) is 3.05. The van der Waals surface area contributed by atoms with Crippen molar-refractivity contribution in [3.05, 3.63) is 29.5 Å². The summed E-state index contributed by atoms with van der Waals surface area (Å²) in [5.74, 6) is 2.35. The minimum absolute atomic E-state index is 0.157. The van der Waals surface area contributed by atoms with Gasteiger partial charge in [0.1, 0.15) is 5.82 Å². The Balaban J connectivity index is 2.35. The molecular formula is C16H22N4O3. The second-order valence-corrected chi connectivity index (χ2v) is 4.99. The van der Waals surface area contributed by atoms with Crippen molar-refractivity contribution in [2.75, 3.05) is 32.3 Å². The first-order valence-electron chi connectivity index (χ1n) is 7.33. The van der Waals surface area contributed by atoms with Crippen LogP contribution in [-0.4, -0.2) is 30.8 Å². The van der Waals surface area contributed by atoms with Crippen LogP contribution in [0.4, 0.5) is 11.8 Å². The zero-order valence-corrected chi connectivity index (χ0v) is 13.6. The Hall–Kier alpha value is -2.70. The highest BCUT2D eigenvalue weighted by Crippen LogP contribution is 2.39. The highest BCUT2D eigenvalue weighted by molar-refractivity contribution is 5.55. The minimum atomic E-state index is 0.157. The maximum absolute atomic E-state index is 5.89. The second kappa shape index (κ2) is 7.53. The fourth-order valence-electron chi connectivity index (χ4n) is 2.17. The lowest BCUT2D eigenvalue weighted by molar-refractivity contribution is 0.274. The van der Waals surface area contributed by atoms with Gasteiger partial charge < -0.3 is 25.7 Å². The number of aromatic nitrogens is 2. The normalized spacial score (nSPS) is 10.4. The molecule has 7 heteroatoms. The van der Waals surface area contributed by atoms with E-state index >= 15 is 0 Å². The van der Waals surface area contributed by atoms with Crippen LogP contribution >= 0.6 is 0 Å². The summed E-state index contributed by atoms with van der Waals surface area (Å²) >= 11 is 0. The number of nitrogen functional groups attached to an aromatic ring is 2. The van der Waals surface area contributed by atoms with Crippen LogP contribution in [-0.2, 0) is 6.42 Å². The molecule has 0 aliphatic heterocycles. The fourth-order valence-corrected chi connectivity index (χ4v) is 2.17. The predicted octanol–water partition coefficient (Wildman–Crippen LogP) is 2.04. The smallest absolute Gasteiger partial charge is 0.221 e. The molecule has 124 valence electrons. The Kier molecular flexibility index (Phi) is 5.46. The zero-order chi connectivity index (χ0) is 16.8. The first kappa shape index (κ1) is 16.7. The SMILES string of the molecule is CCCOc1c(OC)cc(Cc2cnc(N)nc2N)cc1OC. The number of hydrogen-bond acceptors (Lipinski definition) is 7. The van der Waals surface area contributed by atoms with Gasteiger partial charge in [-0.2, -0.15) is 4.98 Å². The minimum Gasteiger partial charge on any atom is -0.493 e. The molecular weight excluding hydrogens is 296 g/mol. The van der Waals surface area contributed by atoms with Crippen LogP contribution in [0.3, 0.4) is 0 Å². The zero-order valence-electron chi connectivity index (χ0n) is 13.6. The summed E-state index contributed by atoms with van der Waals surface area (Å²) in [6, 6.07) is 3.78. The number of hydrogen-bond donors (Lipinski definition) is 2.